The topological polar surface area (TPSA) is 12.0 Å². The molecule has 100 valence electrons. The first-order chi connectivity index (χ1) is 8.72. The van der Waals surface area contributed by atoms with Crippen LogP contribution in [0, 0.1) is 18.7 Å². The van der Waals surface area contributed by atoms with Crippen molar-refractivity contribution in [2.45, 2.75) is 32.7 Å². The molecule has 0 spiro atoms. The molecule has 1 aromatic carbocycles. The fourth-order valence-corrected chi connectivity index (χ4v) is 3.89. The normalized spacial score (nSPS) is 21.2. The van der Waals surface area contributed by atoms with Crippen molar-refractivity contribution in [3.63, 3.8) is 0 Å². The van der Waals surface area contributed by atoms with Crippen LogP contribution in [0.15, 0.2) is 18.2 Å². The Balaban J connectivity index is 2.23. The minimum atomic E-state index is -0.121. The van der Waals surface area contributed by atoms with Gasteiger partial charge in [0.15, 0.2) is 0 Å². The molecule has 0 amide bonds. The Kier molecular flexibility index (Phi) is 5.07. The lowest BCUT2D eigenvalue weighted by Gasteiger charge is -2.26. The van der Waals surface area contributed by atoms with Crippen LogP contribution in [0.5, 0.6) is 0 Å². The number of hydrogen-bond acceptors (Lipinski definition) is 2. The van der Waals surface area contributed by atoms with Crippen LogP contribution >= 0.6 is 11.8 Å². The van der Waals surface area contributed by atoms with Crippen LogP contribution in [-0.2, 0) is 0 Å². The smallest absolute Gasteiger partial charge is 0.123 e. The van der Waals surface area contributed by atoms with Crippen LogP contribution in [0.4, 0.5) is 4.39 Å². The van der Waals surface area contributed by atoms with Gasteiger partial charge in [0.05, 0.1) is 0 Å². The molecule has 0 aliphatic carbocycles. The van der Waals surface area contributed by atoms with Crippen molar-refractivity contribution in [3.8, 4) is 0 Å². The molecule has 18 heavy (non-hydrogen) atoms. The van der Waals surface area contributed by atoms with E-state index in [4.69, 9.17) is 0 Å². The number of thioether (sulfide) groups is 1. The first-order valence-corrected chi connectivity index (χ1v) is 7.95. The predicted octanol–water partition coefficient (Wildman–Crippen LogP) is 3.93. The summed E-state index contributed by atoms with van der Waals surface area (Å²) in [5.41, 5.74) is 2.35. The highest BCUT2D eigenvalue weighted by atomic mass is 32.2. The lowest BCUT2D eigenvalue weighted by Crippen LogP contribution is -2.29. The molecule has 0 aromatic heterocycles. The molecule has 1 aromatic rings. The molecule has 2 rings (SSSR count). The second kappa shape index (κ2) is 6.58. The summed E-state index contributed by atoms with van der Waals surface area (Å²) >= 11 is 2.01. The Morgan fingerprint density at radius 2 is 2.33 bits per heavy atom. The minimum Gasteiger partial charge on any atom is -0.310 e. The molecule has 1 N–H and O–H groups in total. The third-order valence-corrected chi connectivity index (χ3v) is 4.82. The van der Waals surface area contributed by atoms with E-state index < -0.39 is 0 Å². The molecular formula is C15H22FNS. The highest BCUT2D eigenvalue weighted by Gasteiger charge is 2.27. The molecule has 2 unspecified atom stereocenters. The largest absolute Gasteiger partial charge is 0.310 e. The molecule has 0 radical (unpaired) electrons. The van der Waals surface area contributed by atoms with Gasteiger partial charge in [0.25, 0.3) is 0 Å². The molecular weight excluding hydrogens is 245 g/mol. The number of rotatable bonds is 5. The Morgan fingerprint density at radius 1 is 1.50 bits per heavy atom. The van der Waals surface area contributed by atoms with Gasteiger partial charge in [0.1, 0.15) is 5.82 Å². The molecule has 0 bridgehead atoms. The van der Waals surface area contributed by atoms with Gasteiger partial charge in [0, 0.05) is 6.04 Å². The van der Waals surface area contributed by atoms with Crippen LogP contribution in [0.2, 0.25) is 0 Å². The minimum absolute atomic E-state index is 0.121. The highest BCUT2D eigenvalue weighted by molar-refractivity contribution is 7.99. The molecule has 1 aliphatic heterocycles. The number of benzene rings is 1. The van der Waals surface area contributed by atoms with Gasteiger partial charge >= 0.3 is 0 Å². The number of aryl methyl sites for hydroxylation is 1. The van der Waals surface area contributed by atoms with E-state index in [1.807, 2.05) is 17.8 Å². The Labute approximate surface area is 114 Å². The van der Waals surface area contributed by atoms with Gasteiger partial charge in [-0.05, 0) is 67.0 Å². The standard InChI is InChI=1S/C15H22FNS/c1-3-7-17-15(12-6-8-18-10-12)14-9-13(16)5-4-11(14)2/h4-5,9,12,15,17H,3,6-8,10H2,1-2H3. The fourth-order valence-electron chi connectivity index (χ4n) is 2.59. The Morgan fingerprint density at radius 3 is 3.00 bits per heavy atom. The summed E-state index contributed by atoms with van der Waals surface area (Å²) in [5.74, 6) is 2.95. The molecule has 0 saturated carbocycles. The van der Waals surface area contributed by atoms with Crippen LogP contribution < -0.4 is 5.32 Å². The summed E-state index contributed by atoms with van der Waals surface area (Å²) in [6.45, 7) is 5.26. The summed E-state index contributed by atoms with van der Waals surface area (Å²) in [4.78, 5) is 0. The molecule has 1 saturated heterocycles. The monoisotopic (exact) mass is 267 g/mol. The maximum atomic E-state index is 13.5. The maximum absolute atomic E-state index is 13.5. The van der Waals surface area contributed by atoms with Crippen LogP contribution in [0.1, 0.15) is 36.9 Å². The lowest BCUT2D eigenvalue weighted by atomic mass is 9.89. The van der Waals surface area contributed by atoms with Crippen molar-refractivity contribution < 1.29 is 4.39 Å². The van der Waals surface area contributed by atoms with E-state index >= 15 is 0 Å². The average molecular weight is 267 g/mol. The Hall–Kier alpha value is -0.540. The van der Waals surface area contributed by atoms with Gasteiger partial charge in [0.2, 0.25) is 0 Å². The molecule has 3 heteroatoms. The van der Waals surface area contributed by atoms with Gasteiger partial charge in [-0.2, -0.15) is 11.8 Å². The quantitative estimate of drug-likeness (QED) is 0.867. The van der Waals surface area contributed by atoms with Crippen molar-refractivity contribution in [1.82, 2.24) is 5.32 Å². The molecule has 1 aliphatic rings. The van der Waals surface area contributed by atoms with Gasteiger partial charge < -0.3 is 5.32 Å². The van der Waals surface area contributed by atoms with Crippen molar-refractivity contribution in [1.29, 1.82) is 0 Å². The van der Waals surface area contributed by atoms with Crippen molar-refractivity contribution in [2.24, 2.45) is 5.92 Å². The van der Waals surface area contributed by atoms with Crippen LogP contribution in [-0.4, -0.2) is 18.1 Å². The lowest BCUT2D eigenvalue weighted by molar-refractivity contribution is 0.391. The average Bonchev–Trinajstić information content (AvgIpc) is 2.88. The van der Waals surface area contributed by atoms with E-state index in [1.165, 1.54) is 23.5 Å². The maximum Gasteiger partial charge on any atom is 0.123 e. The molecule has 2 atom stereocenters. The van der Waals surface area contributed by atoms with E-state index in [1.54, 1.807) is 12.1 Å². The van der Waals surface area contributed by atoms with Gasteiger partial charge in [-0.1, -0.05) is 13.0 Å². The van der Waals surface area contributed by atoms with E-state index in [9.17, 15) is 4.39 Å². The first-order valence-electron chi connectivity index (χ1n) is 6.79. The summed E-state index contributed by atoms with van der Waals surface area (Å²) in [6, 6.07) is 5.48. The zero-order valence-electron chi connectivity index (χ0n) is 11.2. The highest BCUT2D eigenvalue weighted by Crippen LogP contribution is 2.35. The third kappa shape index (κ3) is 3.27. The first kappa shape index (κ1) is 13.9. The van der Waals surface area contributed by atoms with E-state index in [0.717, 1.165) is 18.5 Å². The summed E-state index contributed by atoms with van der Waals surface area (Å²) < 4.78 is 13.5. The SMILES string of the molecule is CCCNC(c1cc(F)ccc1C)C1CCSC1. The molecule has 1 fully saturated rings. The van der Waals surface area contributed by atoms with Crippen LogP contribution in [0.25, 0.3) is 0 Å². The number of nitrogens with one attached hydrogen (secondary N) is 1. The van der Waals surface area contributed by atoms with Gasteiger partial charge in [-0.3, -0.25) is 0 Å². The van der Waals surface area contributed by atoms with Crippen molar-refractivity contribution in [2.75, 3.05) is 18.1 Å². The zero-order valence-corrected chi connectivity index (χ0v) is 12.0. The fraction of sp³-hybridized carbons (Fsp3) is 0.600. The van der Waals surface area contributed by atoms with E-state index in [-0.39, 0.29) is 5.82 Å². The zero-order chi connectivity index (χ0) is 13.0. The Bertz CT molecular complexity index is 388. The molecule has 1 heterocycles. The number of hydrogen-bond donors (Lipinski definition) is 1. The van der Waals surface area contributed by atoms with Crippen LogP contribution in [0.3, 0.4) is 0 Å². The molecule has 1 nitrogen and oxygen atoms in total. The van der Waals surface area contributed by atoms with Gasteiger partial charge in [-0.15, -0.1) is 0 Å². The number of halogens is 1. The van der Waals surface area contributed by atoms with Crippen molar-refractivity contribution in [3.05, 3.63) is 35.1 Å². The summed E-state index contributed by atoms with van der Waals surface area (Å²) in [5, 5.41) is 3.62. The van der Waals surface area contributed by atoms with Gasteiger partial charge in [-0.25, -0.2) is 4.39 Å². The second-order valence-corrected chi connectivity index (χ2v) is 6.21. The van der Waals surface area contributed by atoms with E-state index in [2.05, 4.69) is 19.2 Å². The summed E-state index contributed by atoms with van der Waals surface area (Å²) in [6.07, 6.45) is 2.35. The second-order valence-electron chi connectivity index (χ2n) is 5.06. The predicted molar refractivity (Wildman–Crippen MR) is 77.6 cm³/mol. The third-order valence-electron chi connectivity index (χ3n) is 3.63. The summed E-state index contributed by atoms with van der Waals surface area (Å²) in [7, 11) is 0. The van der Waals surface area contributed by atoms with E-state index in [0.29, 0.717) is 12.0 Å². The van der Waals surface area contributed by atoms with Crippen molar-refractivity contribution >= 4 is 11.8 Å².